The van der Waals surface area contributed by atoms with Gasteiger partial charge in [-0.25, -0.2) is 8.42 Å². The number of nitrogens with one attached hydrogen (secondary N) is 1. The Morgan fingerprint density at radius 1 is 1.12 bits per heavy atom. The maximum atomic E-state index is 13.3. The molecule has 0 spiro atoms. The fourth-order valence-electron chi connectivity index (χ4n) is 4.44. The molecule has 0 aromatic heterocycles. The molecule has 32 heavy (non-hydrogen) atoms. The highest BCUT2D eigenvalue weighted by molar-refractivity contribution is 7.92. The van der Waals surface area contributed by atoms with Crippen LogP contribution in [0.1, 0.15) is 61.4 Å². The molecule has 0 saturated carbocycles. The molecule has 0 heterocycles. The van der Waals surface area contributed by atoms with Gasteiger partial charge in [0.15, 0.2) is 0 Å². The molecule has 1 N–H and O–H groups in total. The monoisotopic (exact) mass is 458 g/mol. The Hall–Kier alpha value is -2.54. The Kier molecular flexibility index (Phi) is 7.49. The van der Waals surface area contributed by atoms with Crippen LogP contribution in [0.4, 0.5) is 5.69 Å². The number of nitrogens with zero attached hydrogens (tertiary/aromatic N) is 1. The number of fused-ring (bicyclic) bond motifs is 1. The van der Waals surface area contributed by atoms with Crippen molar-refractivity contribution in [3.05, 3.63) is 58.7 Å². The second kappa shape index (κ2) is 9.94. The average molecular weight is 459 g/mol. The summed E-state index contributed by atoms with van der Waals surface area (Å²) in [6, 6.07) is 10.6. The molecule has 1 aliphatic carbocycles. The largest absolute Gasteiger partial charge is 0.495 e. The Bertz CT molecular complexity index is 1080. The van der Waals surface area contributed by atoms with Crippen molar-refractivity contribution in [1.29, 1.82) is 0 Å². The van der Waals surface area contributed by atoms with Crippen molar-refractivity contribution in [3.8, 4) is 5.75 Å². The molecule has 3 rings (SSSR count). The average Bonchev–Trinajstić information content (AvgIpc) is 2.76. The predicted molar refractivity (Wildman–Crippen MR) is 129 cm³/mol. The molecule has 0 aliphatic heterocycles. The van der Waals surface area contributed by atoms with Gasteiger partial charge in [0.2, 0.25) is 15.9 Å². The predicted octanol–water partition coefficient (Wildman–Crippen LogP) is 4.30. The summed E-state index contributed by atoms with van der Waals surface area (Å²) in [6.07, 6.45) is 6.42. The van der Waals surface area contributed by atoms with Crippen LogP contribution in [0.2, 0.25) is 0 Å². The van der Waals surface area contributed by atoms with Crippen molar-refractivity contribution in [1.82, 2.24) is 5.32 Å². The molecule has 2 aromatic carbocycles. The van der Waals surface area contributed by atoms with Gasteiger partial charge in [0.05, 0.1) is 25.1 Å². The molecule has 0 radical (unpaired) electrons. The molecule has 0 saturated heterocycles. The summed E-state index contributed by atoms with van der Waals surface area (Å²) in [5, 5.41) is 3.08. The third-order valence-corrected chi connectivity index (χ3v) is 7.39. The summed E-state index contributed by atoms with van der Waals surface area (Å²) >= 11 is 0. The van der Waals surface area contributed by atoms with Crippen molar-refractivity contribution < 1.29 is 17.9 Å². The lowest BCUT2D eigenvalue weighted by Crippen LogP contribution is -2.48. The van der Waals surface area contributed by atoms with Gasteiger partial charge in [-0.15, -0.1) is 0 Å². The van der Waals surface area contributed by atoms with E-state index in [4.69, 9.17) is 4.74 Å². The second-order valence-electron chi connectivity index (χ2n) is 8.61. The van der Waals surface area contributed by atoms with E-state index in [0.717, 1.165) is 34.5 Å². The van der Waals surface area contributed by atoms with Gasteiger partial charge >= 0.3 is 0 Å². The number of anilines is 1. The van der Waals surface area contributed by atoms with Crippen LogP contribution in [0, 0.1) is 6.92 Å². The lowest BCUT2D eigenvalue weighted by Gasteiger charge is -2.31. The molecular formula is C25H34N2O4S. The normalized spacial score (nSPS) is 15.4. The van der Waals surface area contributed by atoms with Gasteiger partial charge in [-0.1, -0.05) is 31.2 Å². The van der Waals surface area contributed by atoms with E-state index in [2.05, 4.69) is 23.5 Å². The van der Waals surface area contributed by atoms with E-state index < -0.39 is 16.1 Å². The van der Waals surface area contributed by atoms with E-state index in [1.54, 1.807) is 19.1 Å². The van der Waals surface area contributed by atoms with Gasteiger partial charge in [-0.2, -0.15) is 0 Å². The number of sulfonamides is 1. The van der Waals surface area contributed by atoms with Gasteiger partial charge in [-0.3, -0.25) is 9.10 Å². The number of methoxy groups -OCH3 is 1. The Balaban J connectivity index is 1.88. The zero-order valence-electron chi connectivity index (χ0n) is 19.6. The number of benzene rings is 2. The Morgan fingerprint density at radius 2 is 1.81 bits per heavy atom. The van der Waals surface area contributed by atoms with Crippen LogP contribution in [-0.4, -0.2) is 33.7 Å². The van der Waals surface area contributed by atoms with Gasteiger partial charge in [-0.05, 0) is 80.3 Å². The molecule has 1 aliphatic rings. The van der Waals surface area contributed by atoms with Crippen LogP contribution < -0.4 is 14.4 Å². The first-order chi connectivity index (χ1) is 15.2. The van der Waals surface area contributed by atoms with Gasteiger partial charge < -0.3 is 10.1 Å². The first-order valence-electron chi connectivity index (χ1n) is 11.2. The second-order valence-corrected chi connectivity index (χ2v) is 10.5. The van der Waals surface area contributed by atoms with E-state index in [-0.39, 0.29) is 11.9 Å². The van der Waals surface area contributed by atoms with Gasteiger partial charge in [0.1, 0.15) is 11.8 Å². The quantitative estimate of drug-likeness (QED) is 0.640. The molecule has 7 heteroatoms. The zero-order chi connectivity index (χ0) is 23.5. The maximum absolute atomic E-state index is 13.3. The molecule has 174 valence electrons. The summed E-state index contributed by atoms with van der Waals surface area (Å²) in [6.45, 7) is 5.50. The van der Waals surface area contributed by atoms with Crippen molar-refractivity contribution >= 4 is 21.6 Å². The molecule has 6 nitrogen and oxygen atoms in total. The topological polar surface area (TPSA) is 75.7 Å². The minimum absolute atomic E-state index is 0.182. The number of ether oxygens (including phenoxy) is 1. The van der Waals surface area contributed by atoms with E-state index >= 15 is 0 Å². The van der Waals surface area contributed by atoms with Crippen LogP contribution in [-0.2, 0) is 27.7 Å². The minimum atomic E-state index is -3.74. The van der Waals surface area contributed by atoms with Gasteiger partial charge in [0, 0.05) is 0 Å². The number of rotatable bonds is 8. The van der Waals surface area contributed by atoms with Crippen molar-refractivity contribution in [2.24, 2.45) is 0 Å². The smallest absolute Gasteiger partial charge is 0.244 e. The first-order valence-corrected chi connectivity index (χ1v) is 13.1. The molecule has 2 aromatic rings. The van der Waals surface area contributed by atoms with E-state index in [1.165, 1.54) is 31.1 Å². The van der Waals surface area contributed by atoms with Crippen molar-refractivity contribution in [3.63, 3.8) is 0 Å². The highest BCUT2D eigenvalue weighted by Gasteiger charge is 2.32. The van der Waals surface area contributed by atoms with Gasteiger partial charge in [0.25, 0.3) is 0 Å². The lowest BCUT2D eigenvalue weighted by molar-refractivity contribution is -0.122. The Labute approximate surface area is 192 Å². The first kappa shape index (κ1) is 24.1. The maximum Gasteiger partial charge on any atom is 0.244 e. The van der Waals surface area contributed by atoms with E-state index in [1.807, 2.05) is 19.9 Å². The number of carbonyl (C=O) groups is 1. The highest BCUT2D eigenvalue weighted by atomic mass is 32.2. The fraction of sp³-hybridized carbons (Fsp3) is 0.480. The van der Waals surface area contributed by atoms with Crippen LogP contribution in [0.15, 0.2) is 36.4 Å². The van der Waals surface area contributed by atoms with E-state index in [0.29, 0.717) is 17.9 Å². The van der Waals surface area contributed by atoms with Crippen LogP contribution in [0.25, 0.3) is 0 Å². The third kappa shape index (κ3) is 5.26. The standard InChI is InChI=1S/C25H34N2O4S/c1-6-22(21-13-12-19-9-7-8-10-20(19)16-21)26-25(28)18(3)27(32(5,29)30)23-15-17(2)11-14-24(23)31-4/h11-16,18,22H,6-10H2,1-5H3,(H,26,28)/t18-,22+/m1/s1. The number of aryl methyl sites for hydroxylation is 3. The lowest BCUT2D eigenvalue weighted by atomic mass is 9.88. The number of amides is 1. The summed E-state index contributed by atoms with van der Waals surface area (Å²) in [7, 11) is -2.25. The van der Waals surface area contributed by atoms with E-state index in [9.17, 15) is 13.2 Å². The zero-order valence-corrected chi connectivity index (χ0v) is 20.5. The molecule has 0 bridgehead atoms. The molecule has 0 unspecified atom stereocenters. The summed E-state index contributed by atoms with van der Waals surface area (Å²) < 4.78 is 32.0. The SMILES string of the molecule is CC[C@H](NC(=O)[C@@H](C)N(c1cc(C)ccc1OC)S(C)(=O)=O)c1ccc2c(c1)CCCC2. The summed E-state index contributed by atoms with van der Waals surface area (Å²) in [5.74, 6) is 0.0611. The Morgan fingerprint density at radius 3 is 2.44 bits per heavy atom. The molecule has 0 fully saturated rings. The summed E-state index contributed by atoms with van der Waals surface area (Å²) in [5.41, 5.74) is 5.05. The van der Waals surface area contributed by atoms with Crippen LogP contribution in [0.5, 0.6) is 5.75 Å². The van der Waals surface area contributed by atoms with Crippen LogP contribution in [0.3, 0.4) is 0 Å². The van der Waals surface area contributed by atoms with Crippen molar-refractivity contribution in [2.45, 2.75) is 65.0 Å². The molecule has 1 amide bonds. The third-order valence-electron chi connectivity index (χ3n) is 6.16. The summed E-state index contributed by atoms with van der Waals surface area (Å²) in [4.78, 5) is 13.3. The molecule has 2 atom stereocenters. The molecular weight excluding hydrogens is 424 g/mol. The fourth-order valence-corrected chi connectivity index (χ4v) is 5.61. The minimum Gasteiger partial charge on any atom is -0.495 e. The van der Waals surface area contributed by atoms with Crippen LogP contribution >= 0.6 is 0 Å². The number of hydrogen-bond acceptors (Lipinski definition) is 4. The highest BCUT2D eigenvalue weighted by Crippen LogP contribution is 2.33. The number of carbonyl (C=O) groups excluding carboxylic acids is 1. The number of hydrogen-bond donors (Lipinski definition) is 1. The van der Waals surface area contributed by atoms with Crippen molar-refractivity contribution in [2.75, 3.05) is 17.7 Å².